The van der Waals surface area contributed by atoms with Gasteiger partial charge >= 0.3 is 0 Å². The predicted molar refractivity (Wildman–Crippen MR) is 74.3 cm³/mol. The molecule has 0 saturated carbocycles. The Morgan fingerprint density at radius 3 is 2.89 bits per heavy atom. The van der Waals surface area contributed by atoms with Crippen molar-refractivity contribution in [2.24, 2.45) is 5.73 Å². The second kappa shape index (κ2) is 5.63. The number of aryl methyl sites for hydroxylation is 1. The van der Waals surface area contributed by atoms with Gasteiger partial charge in [0.05, 0.1) is 0 Å². The van der Waals surface area contributed by atoms with E-state index in [-0.39, 0.29) is 5.92 Å². The van der Waals surface area contributed by atoms with Crippen LogP contribution in [-0.2, 0) is 0 Å². The first kappa shape index (κ1) is 13.2. The van der Waals surface area contributed by atoms with Crippen molar-refractivity contribution in [2.45, 2.75) is 26.2 Å². The van der Waals surface area contributed by atoms with Gasteiger partial charge < -0.3 is 10.3 Å². The lowest BCUT2D eigenvalue weighted by molar-refractivity contribution is 0.355. The van der Waals surface area contributed by atoms with E-state index in [0.29, 0.717) is 18.3 Å². The highest BCUT2D eigenvalue weighted by Gasteiger charge is 2.15. The highest BCUT2D eigenvalue weighted by molar-refractivity contribution is 9.10. The molecule has 1 unspecified atom stereocenters. The SMILES string of the molecule is Cc1ccc(-c2noc(C(C)CCN)n2)c(Br)c1. The van der Waals surface area contributed by atoms with Gasteiger partial charge in [-0.25, -0.2) is 0 Å². The Hall–Kier alpha value is -1.20. The summed E-state index contributed by atoms with van der Waals surface area (Å²) in [7, 11) is 0. The molecule has 0 bridgehead atoms. The zero-order chi connectivity index (χ0) is 13.1. The van der Waals surface area contributed by atoms with Crippen LogP contribution in [0.15, 0.2) is 27.2 Å². The molecule has 1 atom stereocenters. The van der Waals surface area contributed by atoms with Crippen molar-refractivity contribution in [1.29, 1.82) is 0 Å². The molecule has 0 radical (unpaired) electrons. The third kappa shape index (κ3) is 2.79. The first-order valence-corrected chi connectivity index (χ1v) is 6.71. The molecule has 0 amide bonds. The average molecular weight is 310 g/mol. The Kier molecular flexibility index (Phi) is 4.14. The van der Waals surface area contributed by atoms with Gasteiger partial charge in [0.15, 0.2) is 0 Å². The van der Waals surface area contributed by atoms with Crippen LogP contribution < -0.4 is 5.73 Å². The van der Waals surface area contributed by atoms with E-state index in [4.69, 9.17) is 10.3 Å². The Balaban J connectivity index is 2.29. The highest BCUT2D eigenvalue weighted by atomic mass is 79.9. The summed E-state index contributed by atoms with van der Waals surface area (Å²) in [4.78, 5) is 4.43. The van der Waals surface area contributed by atoms with Crippen molar-refractivity contribution in [3.8, 4) is 11.4 Å². The van der Waals surface area contributed by atoms with E-state index in [1.165, 1.54) is 5.56 Å². The number of rotatable bonds is 4. The lowest BCUT2D eigenvalue weighted by Crippen LogP contribution is -2.04. The van der Waals surface area contributed by atoms with E-state index in [9.17, 15) is 0 Å². The minimum Gasteiger partial charge on any atom is -0.339 e. The fraction of sp³-hybridized carbons (Fsp3) is 0.385. The number of aromatic nitrogens is 2. The van der Waals surface area contributed by atoms with Crippen molar-refractivity contribution < 1.29 is 4.52 Å². The summed E-state index contributed by atoms with van der Waals surface area (Å²) in [5, 5.41) is 4.02. The maximum absolute atomic E-state index is 5.53. The van der Waals surface area contributed by atoms with Crippen LogP contribution >= 0.6 is 15.9 Å². The fourth-order valence-corrected chi connectivity index (χ4v) is 2.39. The summed E-state index contributed by atoms with van der Waals surface area (Å²) >= 11 is 3.52. The number of nitrogens with two attached hydrogens (primary N) is 1. The number of nitrogens with zero attached hydrogens (tertiary/aromatic N) is 2. The second-order valence-corrected chi connectivity index (χ2v) is 5.27. The van der Waals surface area contributed by atoms with Crippen LogP contribution in [0.5, 0.6) is 0 Å². The van der Waals surface area contributed by atoms with E-state index in [2.05, 4.69) is 26.1 Å². The van der Waals surface area contributed by atoms with Gasteiger partial charge in [-0.2, -0.15) is 4.98 Å². The number of halogens is 1. The molecule has 4 nitrogen and oxygen atoms in total. The van der Waals surface area contributed by atoms with Crippen LogP contribution in [0.2, 0.25) is 0 Å². The Bertz CT molecular complexity index is 539. The zero-order valence-corrected chi connectivity index (χ0v) is 12.1. The maximum atomic E-state index is 5.53. The van der Waals surface area contributed by atoms with E-state index < -0.39 is 0 Å². The molecule has 0 saturated heterocycles. The standard InChI is InChI=1S/C13H16BrN3O/c1-8-3-4-10(11(14)7-8)12-16-13(18-17-12)9(2)5-6-15/h3-4,7,9H,5-6,15H2,1-2H3. The molecule has 5 heteroatoms. The third-order valence-corrected chi connectivity index (χ3v) is 3.48. The Labute approximate surface area is 115 Å². The maximum Gasteiger partial charge on any atom is 0.229 e. The molecule has 0 aliphatic rings. The van der Waals surface area contributed by atoms with Gasteiger partial charge in [-0.1, -0.05) is 34.1 Å². The quantitative estimate of drug-likeness (QED) is 0.941. The summed E-state index contributed by atoms with van der Waals surface area (Å²) in [5.41, 5.74) is 7.65. The Morgan fingerprint density at radius 1 is 1.44 bits per heavy atom. The molecule has 1 heterocycles. The van der Waals surface area contributed by atoms with E-state index >= 15 is 0 Å². The van der Waals surface area contributed by atoms with Crippen LogP contribution in [0.1, 0.15) is 30.7 Å². The molecule has 18 heavy (non-hydrogen) atoms. The minimum absolute atomic E-state index is 0.195. The molecule has 96 valence electrons. The molecule has 2 N–H and O–H groups in total. The molecule has 0 spiro atoms. The van der Waals surface area contributed by atoms with E-state index in [0.717, 1.165) is 16.5 Å². The summed E-state index contributed by atoms with van der Waals surface area (Å²) < 4.78 is 6.25. The smallest absolute Gasteiger partial charge is 0.229 e. The van der Waals surface area contributed by atoms with Crippen LogP contribution in [0.4, 0.5) is 0 Å². The fourth-order valence-electron chi connectivity index (χ4n) is 1.72. The molecule has 0 fully saturated rings. The van der Waals surface area contributed by atoms with Gasteiger partial charge in [-0.15, -0.1) is 0 Å². The van der Waals surface area contributed by atoms with Gasteiger partial charge in [0.2, 0.25) is 11.7 Å². The molecular weight excluding hydrogens is 294 g/mol. The van der Waals surface area contributed by atoms with Gasteiger partial charge in [-0.05, 0) is 37.6 Å². The molecule has 2 rings (SSSR count). The average Bonchev–Trinajstić information content (AvgIpc) is 2.78. The van der Waals surface area contributed by atoms with E-state index in [1.807, 2.05) is 32.0 Å². The van der Waals surface area contributed by atoms with Crippen LogP contribution in [0.3, 0.4) is 0 Å². The van der Waals surface area contributed by atoms with Crippen LogP contribution in [0.25, 0.3) is 11.4 Å². The van der Waals surface area contributed by atoms with Gasteiger partial charge in [-0.3, -0.25) is 0 Å². The van der Waals surface area contributed by atoms with Crippen LogP contribution in [-0.4, -0.2) is 16.7 Å². The van der Waals surface area contributed by atoms with E-state index in [1.54, 1.807) is 0 Å². The van der Waals surface area contributed by atoms with Crippen molar-refractivity contribution in [3.63, 3.8) is 0 Å². The first-order valence-electron chi connectivity index (χ1n) is 5.92. The predicted octanol–water partition coefficient (Wildman–Crippen LogP) is 3.26. The topological polar surface area (TPSA) is 64.9 Å². The lowest BCUT2D eigenvalue weighted by Gasteiger charge is -2.02. The monoisotopic (exact) mass is 309 g/mol. The van der Waals surface area contributed by atoms with Gasteiger partial charge in [0.1, 0.15) is 0 Å². The molecule has 0 aliphatic carbocycles. The number of benzene rings is 1. The third-order valence-electron chi connectivity index (χ3n) is 2.83. The zero-order valence-electron chi connectivity index (χ0n) is 10.5. The largest absolute Gasteiger partial charge is 0.339 e. The molecule has 0 aliphatic heterocycles. The normalized spacial score (nSPS) is 12.7. The number of hydrogen-bond donors (Lipinski definition) is 1. The molecular formula is C13H16BrN3O. The Morgan fingerprint density at radius 2 is 2.22 bits per heavy atom. The number of hydrogen-bond acceptors (Lipinski definition) is 4. The lowest BCUT2D eigenvalue weighted by atomic mass is 10.1. The second-order valence-electron chi connectivity index (χ2n) is 4.42. The van der Waals surface area contributed by atoms with Crippen molar-refractivity contribution in [2.75, 3.05) is 6.54 Å². The summed E-state index contributed by atoms with van der Waals surface area (Å²) in [6, 6.07) is 6.05. The summed E-state index contributed by atoms with van der Waals surface area (Å²) in [6.07, 6.45) is 0.844. The van der Waals surface area contributed by atoms with Crippen LogP contribution in [0, 0.1) is 6.92 Å². The van der Waals surface area contributed by atoms with Gasteiger partial charge in [0.25, 0.3) is 0 Å². The van der Waals surface area contributed by atoms with Crippen molar-refractivity contribution in [3.05, 3.63) is 34.1 Å². The van der Waals surface area contributed by atoms with Crippen molar-refractivity contribution >= 4 is 15.9 Å². The van der Waals surface area contributed by atoms with Crippen molar-refractivity contribution in [1.82, 2.24) is 10.1 Å². The minimum atomic E-state index is 0.195. The summed E-state index contributed by atoms with van der Waals surface area (Å²) in [5.74, 6) is 1.45. The molecule has 1 aromatic carbocycles. The molecule has 1 aromatic heterocycles. The first-order chi connectivity index (χ1) is 8.61. The van der Waals surface area contributed by atoms with Gasteiger partial charge in [0, 0.05) is 16.0 Å². The molecule has 2 aromatic rings. The highest BCUT2D eigenvalue weighted by Crippen LogP contribution is 2.28. The summed E-state index contributed by atoms with van der Waals surface area (Å²) in [6.45, 7) is 4.70.